The van der Waals surface area contributed by atoms with Crippen LogP contribution in [0.4, 0.5) is 0 Å². The lowest BCUT2D eigenvalue weighted by molar-refractivity contribution is -0.142. The quantitative estimate of drug-likeness (QED) is 0.437. The standard InChI is InChI=1S/C23H22O2/c1-23(2,3)22(24)25-21-19(17-11-6-4-7-12-17)15-10-16-20(21)18-13-8-5-9-14-18/h4-16H,1-3H3. The first kappa shape index (κ1) is 17.0. The van der Waals surface area contributed by atoms with E-state index in [9.17, 15) is 4.79 Å². The monoisotopic (exact) mass is 330 g/mol. The summed E-state index contributed by atoms with van der Waals surface area (Å²) in [5.74, 6) is 0.368. The first-order chi connectivity index (χ1) is 12.0. The highest BCUT2D eigenvalue weighted by atomic mass is 16.5. The van der Waals surface area contributed by atoms with Gasteiger partial charge in [-0.2, -0.15) is 0 Å². The third-order valence-electron chi connectivity index (χ3n) is 3.99. The largest absolute Gasteiger partial charge is 0.425 e. The number of rotatable bonds is 3. The van der Waals surface area contributed by atoms with Crippen LogP contribution in [0, 0.1) is 5.41 Å². The van der Waals surface area contributed by atoms with Crippen LogP contribution in [0.2, 0.25) is 0 Å². The molecule has 0 aliphatic heterocycles. The van der Waals surface area contributed by atoms with E-state index < -0.39 is 5.41 Å². The Balaban J connectivity index is 2.18. The highest BCUT2D eigenvalue weighted by Gasteiger charge is 2.26. The minimum atomic E-state index is -0.572. The predicted molar refractivity (Wildman–Crippen MR) is 102 cm³/mol. The molecule has 2 nitrogen and oxygen atoms in total. The van der Waals surface area contributed by atoms with Crippen LogP contribution in [0.5, 0.6) is 5.75 Å². The topological polar surface area (TPSA) is 26.3 Å². The van der Waals surface area contributed by atoms with E-state index in [1.165, 1.54) is 0 Å². The molecule has 0 unspecified atom stereocenters. The summed E-state index contributed by atoms with van der Waals surface area (Å²) in [5.41, 5.74) is 3.31. The number of hydrogen-bond donors (Lipinski definition) is 0. The van der Waals surface area contributed by atoms with Gasteiger partial charge >= 0.3 is 5.97 Å². The van der Waals surface area contributed by atoms with Gasteiger partial charge in [-0.15, -0.1) is 0 Å². The fourth-order valence-corrected chi connectivity index (χ4v) is 2.58. The van der Waals surface area contributed by atoms with Crippen LogP contribution in [0.1, 0.15) is 20.8 Å². The smallest absolute Gasteiger partial charge is 0.316 e. The van der Waals surface area contributed by atoms with Gasteiger partial charge in [-0.3, -0.25) is 4.79 Å². The molecule has 126 valence electrons. The molecule has 0 radical (unpaired) electrons. The van der Waals surface area contributed by atoms with Crippen LogP contribution in [0.15, 0.2) is 78.9 Å². The molecule has 0 saturated heterocycles. The second kappa shape index (κ2) is 6.94. The van der Waals surface area contributed by atoms with E-state index in [0.29, 0.717) is 5.75 Å². The van der Waals surface area contributed by atoms with E-state index in [1.807, 2.05) is 99.6 Å². The van der Waals surface area contributed by atoms with Gasteiger partial charge in [0.25, 0.3) is 0 Å². The Kier molecular flexibility index (Phi) is 4.71. The van der Waals surface area contributed by atoms with Gasteiger partial charge in [-0.05, 0) is 31.9 Å². The van der Waals surface area contributed by atoms with E-state index in [-0.39, 0.29) is 5.97 Å². The lowest BCUT2D eigenvalue weighted by Crippen LogP contribution is -2.26. The Labute approximate surface area is 149 Å². The van der Waals surface area contributed by atoms with Crippen molar-refractivity contribution in [3.63, 3.8) is 0 Å². The average Bonchev–Trinajstić information content (AvgIpc) is 2.62. The van der Waals surface area contributed by atoms with Gasteiger partial charge in [0, 0.05) is 11.1 Å². The molecule has 0 aliphatic rings. The van der Waals surface area contributed by atoms with Crippen molar-refractivity contribution in [1.82, 2.24) is 0 Å². The van der Waals surface area contributed by atoms with Crippen molar-refractivity contribution >= 4 is 5.97 Å². The van der Waals surface area contributed by atoms with Crippen molar-refractivity contribution in [3.05, 3.63) is 78.9 Å². The maximum Gasteiger partial charge on any atom is 0.316 e. The maximum atomic E-state index is 12.6. The molecule has 0 bridgehead atoms. The molecule has 0 heterocycles. The van der Waals surface area contributed by atoms with Crippen LogP contribution in [-0.4, -0.2) is 5.97 Å². The Hall–Kier alpha value is -2.87. The minimum absolute atomic E-state index is 0.243. The minimum Gasteiger partial charge on any atom is -0.425 e. The van der Waals surface area contributed by atoms with Gasteiger partial charge in [-0.1, -0.05) is 78.9 Å². The van der Waals surface area contributed by atoms with Crippen molar-refractivity contribution < 1.29 is 9.53 Å². The van der Waals surface area contributed by atoms with Gasteiger partial charge in [0.1, 0.15) is 5.75 Å². The molecule has 0 spiro atoms. The summed E-state index contributed by atoms with van der Waals surface area (Å²) >= 11 is 0. The normalized spacial score (nSPS) is 11.2. The van der Waals surface area contributed by atoms with Gasteiger partial charge in [0.05, 0.1) is 5.41 Å². The molecule has 0 amide bonds. The summed E-state index contributed by atoms with van der Waals surface area (Å²) in [6.45, 7) is 5.59. The summed E-state index contributed by atoms with van der Waals surface area (Å²) in [5, 5.41) is 0. The van der Waals surface area contributed by atoms with Crippen molar-refractivity contribution in [2.24, 2.45) is 5.41 Å². The SMILES string of the molecule is CC(C)(C)C(=O)Oc1c(-c2ccccc2)cccc1-c1ccccc1. The summed E-state index contributed by atoms with van der Waals surface area (Å²) in [6, 6.07) is 26.0. The molecule has 0 fully saturated rings. The number of carbonyl (C=O) groups excluding carboxylic acids is 1. The fraction of sp³-hybridized carbons (Fsp3) is 0.174. The Bertz CT molecular complexity index is 802. The molecule has 0 aromatic heterocycles. The van der Waals surface area contributed by atoms with Crippen LogP contribution in [0.25, 0.3) is 22.3 Å². The van der Waals surface area contributed by atoms with Crippen molar-refractivity contribution in [3.8, 4) is 28.0 Å². The second-order valence-electron chi connectivity index (χ2n) is 7.05. The summed E-state index contributed by atoms with van der Waals surface area (Å²) in [4.78, 5) is 12.6. The Morgan fingerprint density at radius 3 is 1.52 bits per heavy atom. The van der Waals surface area contributed by atoms with Crippen LogP contribution in [-0.2, 0) is 4.79 Å². The summed E-state index contributed by atoms with van der Waals surface area (Å²) in [6.07, 6.45) is 0. The number of benzene rings is 3. The molecule has 2 heteroatoms. The molecular formula is C23H22O2. The maximum absolute atomic E-state index is 12.6. The molecule has 0 atom stereocenters. The van der Waals surface area contributed by atoms with Gasteiger partial charge in [0.15, 0.2) is 0 Å². The number of hydrogen-bond acceptors (Lipinski definition) is 2. The van der Waals surface area contributed by atoms with Crippen molar-refractivity contribution in [1.29, 1.82) is 0 Å². The summed E-state index contributed by atoms with van der Waals surface area (Å²) < 4.78 is 5.91. The number of esters is 1. The zero-order valence-electron chi connectivity index (χ0n) is 14.8. The number of ether oxygens (including phenoxy) is 1. The first-order valence-corrected chi connectivity index (χ1v) is 8.43. The van der Waals surface area contributed by atoms with E-state index >= 15 is 0 Å². The molecule has 25 heavy (non-hydrogen) atoms. The lowest BCUT2D eigenvalue weighted by Gasteiger charge is -2.20. The van der Waals surface area contributed by atoms with E-state index in [1.54, 1.807) is 0 Å². The molecule has 0 saturated carbocycles. The summed E-state index contributed by atoms with van der Waals surface area (Å²) in [7, 11) is 0. The van der Waals surface area contributed by atoms with Crippen LogP contribution in [0.3, 0.4) is 0 Å². The zero-order valence-corrected chi connectivity index (χ0v) is 14.8. The lowest BCUT2D eigenvalue weighted by atomic mass is 9.95. The van der Waals surface area contributed by atoms with E-state index in [0.717, 1.165) is 22.3 Å². The Morgan fingerprint density at radius 1 is 0.680 bits per heavy atom. The fourth-order valence-electron chi connectivity index (χ4n) is 2.58. The highest BCUT2D eigenvalue weighted by molar-refractivity contribution is 5.87. The van der Waals surface area contributed by atoms with E-state index in [4.69, 9.17) is 4.74 Å². The van der Waals surface area contributed by atoms with Crippen molar-refractivity contribution in [2.75, 3.05) is 0 Å². The first-order valence-electron chi connectivity index (χ1n) is 8.43. The van der Waals surface area contributed by atoms with Crippen LogP contribution < -0.4 is 4.74 Å². The second-order valence-corrected chi connectivity index (χ2v) is 7.05. The molecule has 3 aromatic rings. The Morgan fingerprint density at radius 2 is 1.12 bits per heavy atom. The third kappa shape index (κ3) is 3.80. The predicted octanol–water partition coefficient (Wildman–Crippen LogP) is 5.97. The highest BCUT2D eigenvalue weighted by Crippen LogP contribution is 2.39. The molecular weight excluding hydrogens is 308 g/mol. The average molecular weight is 330 g/mol. The van der Waals surface area contributed by atoms with Gasteiger partial charge in [0.2, 0.25) is 0 Å². The third-order valence-corrected chi connectivity index (χ3v) is 3.99. The van der Waals surface area contributed by atoms with Crippen molar-refractivity contribution in [2.45, 2.75) is 20.8 Å². The van der Waals surface area contributed by atoms with Crippen LogP contribution >= 0.6 is 0 Å². The number of carbonyl (C=O) groups is 1. The number of para-hydroxylation sites is 1. The van der Waals surface area contributed by atoms with Gasteiger partial charge < -0.3 is 4.74 Å². The van der Waals surface area contributed by atoms with E-state index in [2.05, 4.69) is 0 Å². The zero-order chi connectivity index (χ0) is 17.9. The van der Waals surface area contributed by atoms with Gasteiger partial charge in [-0.25, -0.2) is 0 Å². The molecule has 0 N–H and O–H groups in total. The molecule has 0 aliphatic carbocycles. The molecule has 3 aromatic carbocycles. The molecule has 3 rings (SSSR count).